The average molecular weight is 505 g/mol. The van der Waals surface area contributed by atoms with Gasteiger partial charge in [0.2, 0.25) is 0 Å². The standard InChI is InChI=1S/C25H21ClN6O2S/c1-27-24-22-25(29-12-28-22)31-23(30-24)13-2-4-17-14(7-21(33)34)9-32(19(17)6-13)10-15-11-35-20-5-3-16(26)8-18(15)20/h2-6,8-9,12,15H,7,10-11H2,1H3,(H,33,34)(H2,27,28,29,30,31). The fourth-order valence-electron chi connectivity index (χ4n) is 4.74. The number of halogens is 1. The van der Waals surface area contributed by atoms with Crippen LogP contribution in [-0.2, 0) is 17.8 Å². The van der Waals surface area contributed by atoms with Crippen LogP contribution in [0.4, 0.5) is 5.82 Å². The van der Waals surface area contributed by atoms with Gasteiger partial charge in [0.25, 0.3) is 0 Å². The van der Waals surface area contributed by atoms with Crippen LogP contribution in [0.3, 0.4) is 0 Å². The van der Waals surface area contributed by atoms with E-state index in [0.29, 0.717) is 17.3 Å². The number of carboxylic acid groups (broad SMARTS) is 1. The zero-order chi connectivity index (χ0) is 24.1. The summed E-state index contributed by atoms with van der Waals surface area (Å²) in [5.41, 5.74) is 5.15. The Kier molecular flexibility index (Phi) is 5.38. The van der Waals surface area contributed by atoms with Crippen molar-refractivity contribution in [1.82, 2.24) is 24.5 Å². The van der Waals surface area contributed by atoms with Gasteiger partial charge in [-0.25, -0.2) is 15.0 Å². The second kappa shape index (κ2) is 8.58. The minimum atomic E-state index is -0.854. The van der Waals surface area contributed by atoms with Crippen LogP contribution in [0.1, 0.15) is 17.0 Å². The minimum Gasteiger partial charge on any atom is -0.481 e. The zero-order valence-corrected chi connectivity index (χ0v) is 20.3. The van der Waals surface area contributed by atoms with E-state index in [1.165, 1.54) is 10.5 Å². The number of aliphatic carboxylic acids is 1. The number of nitrogens with zero attached hydrogens (tertiary/aromatic N) is 4. The molecule has 0 saturated carbocycles. The number of carboxylic acids is 1. The van der Waals surface area contributed by atoms with Gasteiger partial charge in [-0.15, -0.1) is 11.8 Å². The molecule has 1 aliphatic rings. The number of anilines is 1. The molecular formula is C25H21ClN6O2S. The van der Waals surface area contributed by atoms with E-state index in [0.717, 1.165) is 44.9 Å². The predicted octanol–water partition coefficient (Wildman–Crippen LogP) is 5.19. The number of hydrogen-bond donors (Lipinski definition) is 3. The van der Waals surface area contributed by atoms with Gasteiger partial charge in [-0.1, -0.05) is 23.7 Å². The SMILES string of the molecule is CNc1nc(-c2ccc3c(CC(=O)O)cn(CC4CSc5ccc(Cl)cc54)c3c2)nc2nc[nH]c12. The van der Waals surface area contributed by atoms with E-state index < -0.39 is 5.97 Å². The van der Waals surface area contributed by atoms with E-state index in [-0.39, 0.29) is 12.3 Å². The van der Waals surface area contributed by atoms with Gasteiger partial charge < -0.3 is 20.0 Å². The highest BCUT2D eigenvalue weighted by Crippen LogP contribution is 2.42. The summed E-state index contributed by atoms with van der Waals surface area (Å²) >= 11 is 8.12. The number of benzene rings is 2. The lowest BCUT2D eigenvalue weighted by molar-refractivity contribution is -0.136. The number of H-pyrrole nitrogens is 1. The van der Waals surface area contributed by atoms with Gasteiger partial charge in [0.15, 0.2) is 17.3 Å². The molecule has 5 aromatic rings. The molecule has 176 valence electrons. The van der Waals surface area contributed by atoms with Gasteiger partial charge in [-0.3, -0.25) is 4.79 Å². The third-order valence-corrected chi connectivity index (χ3v) is 7.84. The number of imidazole rings is 1. The fraction of sp³-hybridized carbons (Fsp3) is 0.200. The van der Waals surface area contributed by atoms with Crippen molar-refractivity contribution in [3.63, 3.8) is 0 Å². The summed E-state index contributed by atoms with van der Waals surface area (Å²) in [5.74, 6) is 1.59. The topological polar surface area (TPSA) is 109 Å². The highest BCUT2D eigenvalue weighted by Gasteiger charge is 2.25. The van der Waals surface area contributed by atoms with E-state index in [2.05, 4.69) is 35.9 Å². The van der Waals surface area contributed by atoms with Crippen molar-refractivity contribution < 1.29 is 9.90 Å². The Hall–Kier alpha value is -3.56. The predicted molar refractivity (Wildman–Crippen MR) is 138 cm³/mol. The summed E-state index contributed by atoms with van der Waals surface area (Å²) in [6.45, 7) is 0.723. The first-order chi connectivity index (χ1) is 17.0. The highest BCUT2D eigenvalue weighted by molar-refractivity contribution is 7.99. The van der Waals surface area contributed by atoms with E-state index >= 15 is 0 Å². The van der Waals surface area contributed by atoms with Crippen LogP contribution in [0.15, 0.2) is 53.8 Å². The van der Waals surface area contributed by atoms with Gasteiger partial charge >= 0.3 is 5.97 Å². The Labute approximate surface area is 209 Å². The maximum atomic E-state index is 11.6. The summed E-state index contributed by atoms with van der Waals surface area (Å²) in [6, 6.07) is 12.0. The van der Waals surface area contributed by atoms with Crippen molar-refractivity contribution in [3.05, 3.63) is 65.1 Å². The number of aromatic amines is 1. The van der Waals surface area contributed by atoms with E-state index in [9.17, 15) is 9.90 Å². The van der Waals surface area contributed by atoms with Crippen LogP contribution >= 0.6 is 23.4 Å². The maximum Gasteiger partial charge on any atom is 0.307 e. The fourth-order valence-corrected chi connectivity index (χ4v) is 6.15. The Bertz CT molecular complexity index is 1610. The summed E-state index contributed by atoms with van der Waals surface area (Å²) < 4.78 is 2.16. The van der Waals surface area contributed by atoms with Gasteiger partial charge in [-0.2, -0.15) is 0 Å². The Balaban J connectivity index is 1.46. The monoisotopic (exact) mass is 504 g/mol. The molecule has 0 radical (unpaired) electrons. The van der Waals surface area contributed by atoms with Gasteiger partial charge in [-0.05, 0) is 35.4 Å². The summed E-state index contributed by atoms with van der Waals surface area (Å²) in [4.78, 5) is 29.5. The number of aromatic nitrogens is 5. The van der Waals surface area contributed by atoms with E-state index in [1.54, 1.807) is 6.33 Å². The molecular weight excluding hydrogens is 484 g/mol. The quantitative estimate of drug-likeness (QED) is 0.292. The first-order valence-electron chi connectivity index (χ1n) is 11.1. The molecule has 0 fully saturated rings. The summed E-state index contributed by atoms with van der Waals surface area (Å²) in [7, 11) is 1.81. The third kappa shape index (κ3) is 3.90. The number of carbonyl (C=O) groups is 1. The molecule has 4 heterocycles. The molecule has 0 amide bonds. The molecule has 0 bridgehead atoms. The maximum absolute atomic E-state index is 11.6. The van der Waals surface area contributed by atoms with Crippen LogP contribution in [0.5, 0.6) is 0 Å². The molecule has 1 aliphatic heterocycles. The van der Waals surface area contributed by atoms with Crippen molar-refractivity contribution in [2.75, 3.05) is 18.1 Å². The molecule has 0 saturated heterocycles. The lowest BCUT2D eigenvalue weighted by Gasteiger charge is -2.14. The van der Waals surface area contributed by atoms with Crippen LogP contribution in [-0.4, -0.2) is 48.4 Å². The average Bonchev–Trinajstić information content (AvgIpc) is 3.56. The molecule has 10 heteroatoms. The largest absolute Gasteiger partial charge is 0.481 e. The van der Waals surface area contributed by atoms with Crippen molar-refractivity contribution in [1.29, 1.82) is 0 Å². The van der Waals surface area contributed by atoms with Crippen LogP contribution in [0, 0.1) is 0 Å². The van der Waals surface area contributed by atoms with Crippen molar-refractivity contribution in [2.45, 2.75) is 23.8 Å². The smallest absolute Gasteiger partial charge is 0.307 e. The molecule has 1 atom stereocenters. The zero-order valence-electron chi connectivity index (χ0n) is 18.7. The van der Waals surface area contributed by atoms with Gasteiger partial charge in [0.05, 0.1) is 12.7 Å². The minimum absolute atomic E-state index is 0.0374. The van der Waals surface area contributed by atoms with Crippen LogP contribution in [0.2, 0.25) is 5.02 Å². The summed E-state index contributed by atoms with van der Waals surface area (Å²) in [5, 5.41) is 14.2. The lowest BCUT2D eigenvalue weighted by Crippen LogP contribution is -2.08. The molecule has 1 unspecified atom stereocenters. The first-order valence-corrected chi connectivity index (χ1v) is 12.5. The molecule has 6 rings (SSSR count). The first kappa shape index (κ1) is 21.9. The molecule has 2 aromatic carbocycles. The second-order valence-corrected chi connectivity index (χ2v) is 10.0. The van der Waals surface area contributed by atoms with Crippen molar-refractivity contribution in [2.24, 2.45) is 0 Å². The Morgan fingerprint density at radius 3 is 3.00 bits per heavy atom. The molecule has 3 N–H and O–H groups in total. The Morgan fingerprint density at radius 2 is 2.17 bits per heavy atom. The number of thioether (sulfide) groups is 1. The second-order valence-electron chi connectivity index (χ2n) is 8.55. The number of rotatable bonds is 6. The van der Waals surface area contributed by atoms with Crippen molar-refractivity contribution >= 4 is 57.2 Å². The lowest BCUT2D eigenvalue weighted by atomic mass is 10.0. The number of nitrogens with one attached hydrogen (secondary N) is 2. The normalized spacial score (nSPS) is 15.1. The van der Waals surface area contributed by atoms with E-state index in [1.807, 2.05) is 55.3 Å². The number of fused-ring (bicyclic) bond motifs is 3. The van der Waals surface area contributed by atoms with Gasteiger partial charge in [0, 0.05) is 57.8 Å². The van der Waals surface area contributed by atoms with Crippen molar-refractivity contribution in [3.8, 4) is 11.4 Å². The summed E-state index contributed by atoms with van der Waals surface area (Å²) in [6.07, 6.45) is 3.52. The Morgan fingerprint density at radius 1 is 1.29 bits per heavy atom. The highest BCUT2D eigenvalue weighted by atomic mass is 35.5. The van der Waals surface area contributed by atoms with Crippen LogP contribution < -0.4 is 5.32 Å². The molecule has 35 heavy (non-hydrogen) atoms. The molecule has 8 nitrogen and oxygen atoms in total. The third-order valence-electron chi connectivity index (χ3n) is 6.36. The van der Waals surface area contributed by atoms with E-state index in [4.69, 9.17) is 11.6 Å². The van der Waals surface area contributed by atoms with Crippen LogP contribution in [0.25, 0.3) is 33.5 Å². The molecule has 3 aromatic heterocycles. The number of hydrogen-bond acceptors (Lipinski definition) is 6. The molecule has 0 aliphatic carbocycles. The van der Waals surface area contributed by atoms with Gasteiger partial charge in [0.1, 0.15) is 5.52 Å². The molecule has 0 spiro atoms.